The lowest BCUT2D eigenvalue weighted by Gasteiger charge is -2.32. The second-order valence-electron chi connectivity index (χ2n) is 6.38. The van der Waals surface area contributed by atoms with Crippen LogP contribution in [0, 0.1) is 0 Å². The van der Waals surface area contributed by atoms with E-state index in [9.17, 15) is 14.4 Å². The summed E-state index contributed by atoms with van der Waals surface area (Å²) >= 11 is 0. The van der Waals surface area contributed by atoms with Gasteiger partial charge >= 0.3 is 0 Å². The molecule has 1 aliphatic rings. The van der Waals surface area contributed by atoms with Gasteiger partial charge in [-0.2, -0.15) is 0 Å². The molecule has 2 N–H and O–H groups in total. The molecule has 0 aliphatic carbocycles. The largest absolute Gasteiger partial charge is 0.343 e. The molecule has 2 aromatic rings. The maximum atomic E-state index is 12.1. The molecule has 26 heavy (non-hydrogen) atoms. The summed E-state index contributed by atoms with van der Waals surface area (Å²) in [6.45, 7) is 2.98. The van der Waals surface area contributed by atoms with E-state index < -0.39 is 5.91 Å². The fourth-order valence-corrected chi connectivity index (χ4v) is 2.84. The smallest absolute Gasteiger partial charge is 0.255 e. The Morgan fingerprint density at radius 2 is 1.92 bits per heavy atom. The summed E-state index contributed by atoms with van der Waals surface area (Å²) < 4.78 is 0. The molecule has 1 aliphatic heterocycles. The number of carbonyl (C=O) groups is 2. The molecule has 1 aromatic heterocycles. The van der Waals surface area contributed by atoms with Gasteiger partial charge in [0.15, 0.2) is 0 Å². The van der Waals surface area contributed by atoms with Crippen molar-refractivity contribution in [1.82, 2.24) is 20.1 Å². The number of amides is 2. The molecule has 2 amide bonds. The highest BCUT2D eigenvalue weighted by Gasteiger charge is 2.18. The number of aromatic nitrogens is 1. The van der Waals surface area contributed by atoms with Crippen LogP contribution in [0.3, 0.4) is 0 Å². The molecule has 7 heteroatoms. The van der Waals surface area contributed by atoms with Crippen LogP contribution < -0.4 is 10.9 Å². The first-order chi connectivity index (χ1) is 12.5. The lowest BCUT2D eigenvalue weighted by atomic mass is 10.1. The maximum absolute atomic E-state index is 12.1. The second-order valence-corrected chi connectivity index (χ2v) is 6.38. The predicted octanol–water partition coefficient (Wildman–Crippen LogP) is 0.432. The molecule has 1 saturated heterocycles. The topological polar surface area (TPSA) is 85.5 Å². The van der Waals surface area contributed by atoms with E-state index in [0.717, 1.165) is 24.0 Å². The fraction of sp³-hybridized carbons (Fsp3) is 0.316. The number of likely N-dealkylation sites (N-methyl/N-ethyl adjacent to an activating group) is 1. The number of hydrogen-bond donors (Lipinski definition) is 2. The standard InChI is InChI=1S/C19H22N4O3/c1-22-8-10-23(11-9-22)18(25)13-20-17(24)7-6-15-12-14-4-2-3-5-16(14)21-19(15)26/h2-7,12H,8-11,13H2,1H3,(H,20,24)(H,21,26)/b7-6+. The highest BCUT2D eigenvalue weighted by Crippen LogP contribution is 2.10. The summed E-state index contributed by atoms with van der Waals surface area (Å²) in [6, 6.07) is 9.16. The highest BCUT2D eigenvalue weighted by atomic mass is 16.2. The van der Waals surface area contributed by atoms with E-state index in [1.54, 1.807) is 11.0 Å². The van der Waals surface area contributed by atoms with E-state index in [1.807, 2.05) is 31.3 Å². The first kappa shape index (κ1) is 17.9. The number of rotatable bonds is 4. The minimum Gasteiger partial charge on any atom is -0.343 e. The van der Waals surface area contributed by atoms with Crippen molar-refractivity contribution < 1.29 is 9.59 Å². The van der Waals surface area contributed by atoms with E-state index in [2.05, 4.69) is 15.2 Å². The normalized spacial score (nSPS) is 15.5. The zero-order chi connectivity index (χ0) is 18.5. The number of benzene rings is 1. The minimum atomic E-state index is -0.403. The zero-order valence-electron chi connectivity index (χ0n) is 14.7. The van der Waals surface area contributed by atoms with Crippen LogP contribution in [0.15, 0.2) is 41.2 Å². The van der Waals surface area contributed by atoms with Crippen LogP contribution in [0.1, 0.15) is 5.56 Å². The Labute approximate surface area is 151 Å². The number of hydrogen-bond acceptors (Lipinski definition) is 4. The third-order valence-corrected chi connectivity index (χ3v) is 4.47. The van der Waals surface area contributed by atoms with E-state index in [-0.39, 0.29) is 18.0 Å². The van der Waals surface area contributed by atoms with Gasteiger partial charge in [-0.15, -0.1) is 0 Å². The van der Waals surface area contributed by atoms with E-state index in [1.165, 1.54) is 12.2 Å². The number of fused-ring (bicyclic) bond motifs is 1. The van der Waals surface area contributed by atoms with Crippen LogP contribution in [0.25, 0.3) is 17.0 Å². The molecule has 1 fully saturated rings. The van der Waals surface area contributed by atoms with E-state index >= 15 is 0 Å². The molecular weight excluding hydrogens is 332 g/mol. The lowest BCUT2D eigenvalue weighted by molar-refractivity contribution is -0.133. The number of carbonyl (C=O) groups excluding carboxylic acids is 2. The molecule has 0 bridgehead atoms. The van der Waals surface area contributed by atoms with Crippen molar-refractivity contribution in [3.8, 4) is 0 Å². The van der Waals surface area contributed by atoms with Crippen molar-refractivity contribution in [2.45, 2.75) is 0 Å². The molecule has 136 valence electrons. The fourth-order valence-electron chi connectivity index (χ4n) is 2.84. The number of nitrogens with one attached hydrogen (secondary N) is 2. The number of pyridine rings is 1. The van der Waals surface area contributed by atoms with Gasteiger partial charge in [0.1, 0.15) is 0 Å². The van der Waals surface area contributed by atoms with Gasteiger partial charge < -0.3 is 20.1 Å². The number of para-hydroxylation sites is 1. The van der Waals surface area contributed by atoms with Crippen LogP contribution in [-0.2, 0) is 9.59 Å². The van der Waals surface area contributed by atoms with Crippen molar-refractivity contribution in [1.29, 1.82) is 0 Å². The van der Waals surface area contributed by atoms with Crippen LogP contribution in [0.4, 0.5) is 0 Å². The molecule has 7 nitrogen and oxygen atoms in total. The molecular formula is C19H22N4O3. The van der Waals surface area contributed by atoms with Gasteiger partial charge in [0, 0.05) is 43.3 Å². The molecule has 2 heterocycles. The highest BCUT2D eigenvalue weighted by molar-refractivity contribution is 5.94. The molecule has 1 aromatic carbocycles. The van der Waals surface area contributed by atoms with Gasteiger partial charge in [-0.05, 0) is 30.6 Å². The molecule has 0 atom stereocenters. The number of piperazine rings is 1. The van der Waals surface area contributed by atoms with Crippen LogP contribution >= 0.6 is 0 Å². The van der Waals surface area contributed by atoms with E-state index in [0.29, 0.717) is 18.7 Å². The summed E-state index contributed by atoms with van der Waals surface area (Å²) in [5.74, 6) is -0.497. The Balaban J connectivity index is 1.57. The van der Waals surface area contributed by atoms with Crippen LogP contribution in [0.2, 0.25) is 0 Å². The maximum Gasteiger partial charge on any atom is 0.255 e. The SMILES string of the molecule is CN1CCN(C(=O)CNC(=O)/C=C/c2cc3ccccc3[nH]c2=O)CC1. The van der Waals surface area contributed by atoms with Crippen molar-refractivity contribution in [2.75, 3.05) is 39.8 Å². The monoisotopic (exact) mass is 354 g/mol. The summed E-state index contributed by atoms with van der Waals surface area (Å²) in [4.78, 5) is 42.8. The minimum absolute atomic E-state index is 0.0407. The third-order valence-electron chi connectivity index (χ3n) is 4.47. The number of aromatic amines is 1. The average Bonchev–Trinajstić information content (AvgIpc) is 2.65. The predicted molar refractivity (Wildman–Crippen MR) is 101 cm³/mol. The van der Waals surface area contributed by atoms with Gasteiger partial charge in [-0.1, -0.05) is 18.2 Å². The van der Waals surface area contributed by atoms with Gasteiger partial charge in [0.2, 0.25) is 11.8 Å². The Morgan fingerprint density at radius 3 is 2.69 bits per heavy atom. The van der Waals surface area contributed by atoms with Gasteiger partial charge in [0.25, 0.3) is 5.56 Å². The van der Waals surface area contributed by atoms with E-state index in [4.69, 9.17) is 0 Å². The van der Waals surface area contributed by atoms with Crippen molar-refractivity contribution in [2.24, 2.45) is 0 Å². The second kappa shape index (κ2) is 7.97. The van der Waals surface area contributed by atoms with Crippen molar-refractivity contribution in [3.05, 3.63) is 52.3 Å². The quantitative estimate of drug-likeness (QED) is 0.780. The third kappa shape index (κ3) is 4.37. The van der Waals surface area contributed by atoms with Crippen LogP contribution in [-0.4, -0.2) is 66.4 Å². The molecule has 0 saturated carbocycles. The summed E-state index contributed by atoms with van der Waals surface area (Å²) in [5, 5.41) is 3.46. The molecule has 0 radical (unpaired) electrons. The van der Waals surface area contributed by atoms with Crippen molar-refractivity contribution >= 4 is 28.8 Å². The Hall–Kier alpha value is -2.93. The Kier molecular flexibility index (Phi) is 5.48. The first-order valence-electron chi connectivity index (χ1n) is 8.57. The summed E-state index contributed by atoms with van der Waals surface area (Å²) in [5.41, 5.74) is 0.877. The zero-order valence-corrected chi connectivity index (χ0v) is 14.7. The lowest BCUT2D eigenvalue weighted by Crippen LogP contribution is -2.49. The van der Waals surface area contributed by atoms with Gasteiger partial charge in [-0.25, -0.2) is 0 Å². The summed E-state index contributed by atoms with van der Waals surface area (Å²) in [7, 11) is 2.02. The molecule has 0 spiro atoms. The molecule has 0 unspecified atom stereocenters. The average molecular weight is 354 g/mol. The Bertz CT molecular complexity index is 895. The first-order valence-corrected chi connectivity index (χ1v) is 8.57. The van der Waals surface area contributed by atoms with Gasteiger partial charge in [-0.3, -0.25) is 14.4 Å². The summed E-state index contributed by atoms with van der Waals surface area (Å²) in [6.07, 6.45) is 2.73. The van der Waals surface area contributed by atoms with Crippen molar-refractivity contribution in [3.63, 3.8) is 0 Å². The Morgan fingerprint density at radius 1 is 1.19 bits per heavy atom. The molecule has 3 rings (SSSR count). The number of H-pyrrole nitrogens is 1. The van der Waals surface area contributed by atoms with Gasteiger partial charge in [0.05, 0.1) is 6.54 Å². The van der Waals surface area contributed by atoms with Crippen LogP contribution in [0.5, 0.6) is 0 Å². The number of nitrogens with zero attached hydrogens (tertiary/aromatic N) is 2.